The lowest BCUT2D eigenvalue weighted by Gasteiger charge is -2.14. The van der Waals surface area contributed by atoms with Crippen LogP contribution in [0.3, 0.4) is 0 Å². The van der Waals surface area contributed by atoms with Gasteiger partial charge in [0.05, 0.1) is 0 Å². The van der Waals surface area contributed by atoms with Crippen molar-refractivity contribution in [2.45, 2.75) is 20.0 Å². The van der Waals surface area contributed by atoms with Crippen molar-refractivity contribution in [2.75, 3.05) is 7.05 Å². The van der Waals surface area contributed by atoms with Crippen LogP contribution in [0.1, 0.15) is 12.5 Å². The van der Waals surface area contributed by atoms with Gasteiger partial charge in [-0.1, -0.05) is 11.6 Å². The molecular formula is C11H14ClNO2. The van der Waals surface area contributed by atoms with Crippen LogP contribution in [0.25, 0.3) is 0 Å². The molecule has 0 bridgehead atoms. The van der Waals surface area contributed by atoms with Crippen LogP contribution in [0.2, 0.25) is 5.02 Å². The van der Waals surface area contributed by atoms with Gasteiger partial charge >= 0.3 is 0 Å². The van der Waals surface area contributed by atoms with E-state index in [4.69, 9.17) is 16.3 Å². The van der Waals surface area contributed by atoms with E-state index in [-0.39, 0.29) is 5.91 Å². The van der Waals surface area contributed by atoms with Crippen LogP contribution in [0.15, 0.2) is 18.2 Å². The molecule has 1 N–H and O–H groups in total. The second-order valence-corrected chi connectivity index (χ2v) is 3.72. The molecule has 0 aromatic heterocycles. The molecule has 0 aliphatic carbocycles. The molecule has 1 atom stereocenters. The van der Waals surface area contributed by atoms with E-state index in [1.165, 1.54) is 0 Å². The predicted octanol–water partition coefficient (Wildman–Crippen LogP) is 2.16. The quantitative estimate of drug-likeness (QED) is 0.860. The molecule has 15 heavy (non-hydrogen) atoms. The van der Waals surface area contributed by atoms with Crippen molar-refractivity contribution < 1.29 is 9.53 Å². The van der Waals surface area contributed by atoms with Crippen molar-refractivity contribution in [3.8, 4) is 5.75 Å². The minimum Gasteiger partial charge on any atom is -0.481 e. The number of rotatable bonds is 3. The molecule has 3 nitrogen and oxygen atoms in total. The zero-order valence-electron chi connectivity index (χ0n) is 9.00. The summed E-state index contributed by atoms with van der Waals surface area (Å²) in [5, 5.41) is 3.19. The lowest BCUT2D eigenvalue weighted by atomic mass is 10.2. The van der Waals surface area contributed by atoms with E-state index in [2.05, 4.69) is 5.32 Å². The summed E-state index contributed by atoms with van der Waals surface area (Å²) in [5.41, 5.74) is 0.915. The van der Waals surface area contributed by atoms with Gasteiger partial charge in [-0.2, -0.15) is 0 Å². The number of amides is 1. The number of nitrogens with one attached hydrogen (secondary N) is 1. The lowest BCUT2D eigenvalue weighted by molar-refractivity contribution is -0.126. The number of hydrogen-bond donors (Lipinski definition) is 1. The summed E-state index contributed by atoms with van der Waals surface area (Å²) >= 11 is 5.81. The Morgan fingerprint density at radius 1 is 1.53 bits per heavy atom. The van der Waals surface area contributed by atoms with Gasteiger partial charge in [0.25, 0.3) is 5.91 Å². The van der Waals surface area contributed by atoms with Gasteiger partial charge in [0.1, 0.15) is 5.75 Å². The fourth-order valence-corrected chi connectivity index (χ4v) is 1.42. The molecule has 82 valence electrons. The first-order chi connectivity index (χ1) is 7.04. The molecule has 1 aromatic carbocycles. The summed E-state index contributed by atoms with van der Waals surface area (Å²) in [6.07, 6.45) is -0.505. The smallest absolute Gasteiger partial charge is 0.260 e. The van der Waals surface area contributed by atoms with Crippen LogP contribution < -0.4 is 10.1 Å². The van der Waals surface area contributed by atoms with Gasteiger partial charge in [-0.05, 0) is 37.6 Å². The lowest BCUT2D eigenvalue weighted by Crippen LogP contribution is -2.33. The van der Waals surface area contributed by atoms with Gasteiger partial charge in [-0.15, -0.1) is 0 Å². The van der Waals surface area contributed by atoms with Crippen molar-refractivity contribution in [3.05, 3.63) is 28.8 Å². The van der Waals surface area contributed by atoms with E-state index in [1.807, 2.05) is 6.92 Å². The number of carbonyl (C=O) groups excluding carboxylic acids is 1. The molecule has 4 heteroatoms. The van der Waals surface area contributed by atoms with Gasteiger partial charge in [0, 0.05) is 12.1 Å². The second-order valence-electron chi connectivity index (χ2n) is 3.28. The summed E-state index contributed by atoms with van der Waals surface area (Å²) in [6.45, 7) is 3.59. The number of aryl methyl sites for hydroxylation is 1. The molecule has 1 amide bonds. The first-order valence-electron chi connectivity index (χ1n) is 4.69. The Labute approximate surface area is 94.4 Å². The molecule has 0 fully saturated rings. The van der Waals surface area contributed by atoms with Crippen LogP contribution in [-0.4, -0.2) is 19.1 Å². The number of hydrogen-bond acceptors (Lipinski definition) is 2. The molecule has 0 spiro atoms. The number of ether oxygens (including phenoxy) is 1. The highest BCUT2D eigenvalue weighted by Crippen LogP contribution is 2.22. The zero-order valence-corrected chi connectivity index (χ0v) is 9.76. The van der Waals surface area contributed by atoms with Gasteiger partial charge in [0.15, 0.2) is 6.10 Å². The third kappa shape index (κ3) is 3.13. The monoisotopic (exact) mass is 227 g/mol. The second kappa shape index (κ2) is 5.03. The van der Waals surface area contributed by atoms with Crippen LogP contribution in [0.4, 0.5) is 0 Å². The maximum absolute atomic E-state index is 11.2. The third-order valence-electron chi connectivity index (χ3n) is 2.06. The topological polar surface area (TPSA) is 38.3 Å². The number of carbonyl (C=O) groups is 1. The standard InChI is InChI=1S/C11H14ClNO2/c1-7-6-9(12)4-5-10(7)15-8(2)11(14)13-3/h4-6,8H,1-3H3,(H,13,14)/t8-/m0/s1. The summed E-state index contributed by atoms with van der Waals surface area (Å²) in [4.78, 5) is 11.2. The average Bonchev–Trinajstić information content (AvgIpc) is 2.20. The Morgan fingerprint density at radius 2 is 2.20 bits per heavy atom. The van der Waals surface area contributed by atoms with E-state index >= 15 is 0 Å². The van der Waals surface area contributed by atoms with E-state index in [0.717, 1.165) is 5.56 Å². The van der Waals surface area contributed by atoms with Gasteiger partial charge in [0.2, 0.25) is 0 Å². The van der Waals surface area contributed by atoms with Gasteiger partial charge in [-0.3, -0.25) is 4.79 Å². The fraction of sp³-hybridized carbons (Fsp3) is 0.364. The number of benzene rings is 1. The normalized spacial score (nSPS) is 12.0. The van der Waals surface area contributed by atoms with Crippen molar-refractivity contribution in [1.82, 2.24) is 5.32 Å². The summed E-state index contributed by atoms with van der Waals surface area (Å²) < 4.78 is 5.48. The van der Waals surface area contributed by atoms with Crippen molar-refractivity contribution >= 4 is 17.5 Å². The largest absolute Gasteiger partial charge is 0.481 e. The van der Waals surface area contributed by atoms with Crippen molar-refractivity contribution in [2.24, 2.45) is 0 Å². The van der Waals surface area contributed by atoms with E-state index in [9.17, 15) is 4.79 Å². The molecule has 0 saturated heterocycles. The summed E-state index contributed by atoms with van der Waals surface area (Å²) in [6, 6.07) is 5.30. The minimum atomic E-state index is -0.505. The Kier molecular flexibility index (Phi) is 3.97. The summed E-state index contributed by atoms with van der Waals surface area (Å²) in [5.74, 6) is 0.528. The third-order valence-corrected chi connectivity index (χ3v) is 2.29. The van der Waals surface area contributed by atoms with E-state index in [0.29, 0.717) is 10.8 Å². The van der Waals surface area contributed by atoms with Crippen LogP contribution in [0.5, 0.6) is 5.75 Å². The van der Waals surface area contributed by atoms with E-state index in [1.54, 1.807) is 32.2 Å². The Bertz CT molecular complexity index is 366. The Balaban J connectivity index is 2.76. The molecule has 0 radical (unpaired) electrons. The van der Waals surface area contributed by atoms with E-state index < -0.39 is 6.10 Å². The molecule has 0 heterocycles. The maximum Gasteiger partial charge on any atom is 0.260 e. The molecule has 0 aliphatic rings. The number of halogens is 1. The zero-order chi connectivity index (χ0) is 11.4. The first kappa shape index (κ1) is 11.9. The Morgan fingerprint density at radius 3 is 2.73 bits per heavy atom. The Hall–Kier alpha value is -1.22. The predicted molar refractivity (Wildman–Crippen MR) is 60.3 cm³/mol. The molecule has 0 saturated carbocycles. The fourth-order valence-electron chi connectivity index (χ4n) is 1.19. The van der Waals surface area contributed by atoms with Gasteiger partial charge in [-0.25, -0.2) is 0 Å². The highest BCUT2D eigenvalue weighted by molar-refractivity contribution is 6.30. The van der Waals surface area contributed by atoms with Crippen LogP contribution in [-0.2, 0) is 4.79 Å². The molecule has 0 unspecified atom stereocenters. The number of likely N-dealkylation sites (N-methyl/N-ethyl adjacent to an activating group) is 1. The maximum atomic E-state index is 11.2. The first-order valence-corrected chi connectivity index (χ1v) is 5.06. The average molecular weight is 228 g/mol. The minimum absolute atomic E-state index is 0.149. The molecule has 0 aliphatic heterocycles. The van der Waals surface area contributed by atoms with Crippen LogP contribution >= 0.6 is 11.6 Å². The van der Waals surface area contributed by atoms with Gasteiger partial charge < -0.3 is 10.1 Å². The SMILES string of the molecule is CNC(=O)[C@H](C)Oc1ccc(Cl)cc1C. The molecule has 1 rings (SSSR count). The highest BCUT2D eigenvalue weighted by atomic mass is 35.5. The summed E-state index contributed by atoms with van der Waals surface area (Å²) in [7, 11) is 1.58. The molecular weight excluding hydrogens is 214 g/mol. The van der Waals surface area contributed by atoms with Crippen LogP contribution in [0, 0.1) is 6.92 Å². The molecule has 1 aromatic rings. The van der Waals surface area contributed by atoms with Crippen molar-refractivity contribution in [3.63, 3.8) is 0 Å². The highest BCUT2D eigenvalue weighted by Gasteiger charge is 2.13. The van der Waals surface area contributed by atoms with Crippen molar-refractivity contribution in [1.29, 1.82) is 0 Å².